The molecule has 7 heteroatoms. The number of esters is 1. The van der Waals surface area contributed by atoms with Gasteiger partial charge in [0, 0.05) is 30.4 Å². The van der Waals surface area contributed by atoms with Gasteiger partial charge in [0.1, 0.15) is 11.4 Å². The zero-order valence-electron chi connectivity index (χ0n) is 18.5. The van der Waals surface area contributed by atoms with Gasteiger partial charge in [-0.1, -0.05) is 6.92 Å². The predicted molar refractivity (Wildman–Crippen MR) is 111 cm³/mol. The highest BCUT2D eigenvalue weighted by Crippen LogP contribution is 2.30. The number of carbonyl (C=O) groups excluding carboxylic acids is 2. The number of hydrogen-bond donors (Lipinski definition) is 1. The summed E-state index contributed by atoms with van der Waals surface area (Å²) >= 11 is 0. The number of ether oxygens (including phenoxy) is 2. The number of piperidine rings is 1. The number of halogens is 1. The van der Waals surface area contributed by atoms with E-state index in [1.807, 2.05) is 27.7 Å². The maximum Gasteiger partial charge on any atom is 0.410 e. The van der Waals surface area contributed by atoms with Crippen molar-refractivity contribution in [1.29, 1.82) is 0 Å². The lowest BCUT2D eigenvalue weighted by Gasteiger charge is -2.40. The van der Waals surface area contributed by atoms with Crippen LogP contribution in [0, 0.1) is 24.6 Å². The smallest absolute Gasteiger partial charge is 0.410 e. The van der Waals surface area contributed by atoms with Crippen LogP contribution >= 0.6 is 0 Å². The van der Waals surface area contributed by atoms with Gasteiger partial charge in [-0.15, -0.1) is 0 Å². The summed E-state index contributed by atoms with van der Waals surface area (Å²) < 4.78 is 24.5. The molecule has 1 saturated heterocycles. The Morgan fingerprint density at radius 2 is 1.97 bits per heavy atom. The minimum atomic E-state index is -0.571. The number of benzene rings is 1. The van der Waals surface area contributed by atoms with Crippen LogP contribution in [-0.4, -0.2) is 48.8 Å². The molecule has 1 aliphatic rings. The van der Waals surface area contributed by atoms with E-state index in [0.29, 0.717) is 24.3 Å². The zero-order chi connectivity index (χ0) is 21.9. The minimum Gasteiger partial charge on any atom is -0.465 e. The predicted octanol–water partition coefficient (Wildman–Crippen LogP) is 4.61. The second kappa shape index (κ2) is 9.01. The van der Waals surface area contributed by atoms with Gasteiger partial charge < -0.3 is 19.7 Å². The Morgan fingerprint density at radius 3 is 2.52 bits per heavy atom. The van der Waals surface area contributed by atoms with Gasteiger partial charge in [-0.25, -0.2) is 14.0 Å². The minimum absolute atomic E-state index is 0.0387. The van der Waals surface area contributed by atoms with E-state index in [2.05, 4.69) is 12.2 Å². The highest BCUT2D eigenvalue weighted by molar-refractivity contribution is 5.90. The zero-order valence-corrected chi connectivity index (χ0v) is 18.5. The van der Waals surface area contributed by atoms with Crippen molar-refractivity contribution in [3.63, 3.8) is 0 Å². The maximum absolute atomic E-state index is 14.3. The average molecular weight is 409 g/mol. The summed E-state index contributed by atoms with van der Waals surface area (Å²) in [5.41, 5.74) is 0.708. The van der Waals surface area contributed by atoms with E-state index < -0.39 is 17.4 Å². The molecule has 2 rings (SSSR count). The Hall–Kier alpha value is -2.31. The molecule has 6 nitrogen and oxygen atoms in total. The molecule has 0 spiro atoms. The monoisotopic (exact) mass is 408 g/mol. The molecule has 0 aromatic heterocycles. The van der Waals surface area contributed by atoms with Crippen molar-refractivity contribution >= 4 is 17.7 Å². The Kier molecular flexibility index (Phi) is 7.14. The summed E-state index contributed by atoms with van der Waals surface area (Å²) in [5, 5.41) is 3.37. The lowest BCUT2D eigenvalue weighted by Crippen LogP contribution is -2.48. The van der Waals surface area contributed by atoms with Crippen molar-refractivity contribution in [1.82, 2.24) is 4.90 Å². The lowest BCUT2D eigenvalue weighted by molar-refractivity contribution is 0.0107. The molecular formula is C22H33FN2O4. The van der Waals surface area contributed by atoms with Gasteiger partial charge in [0.25, 0.3) is 0 Å². The molecule has 3 atom stereocenters. The number of likely N-dealkylation sites (tertiary alicyclic amines) is 1. The van der Waals surface area contributed by atoms with Gasteiger partial charge in [-0.05, 0) is 65.0 Å². The van der Waals surface area contributed by atoms with Crippen molar-refractivity contribution in [3.8, 4) is 0 Å². The van der Waals surface area contributed by atoms with E-state index in [-0.39, 0.29) is 29.5 Å². The van der Waals surface area contributed by atoms with Crippen molar-refractivity contribution in [2.24, 2.45) is 11.8 Å². The molecule has 29 heavy (non-hydrogen) atoms. The van der Waals surface area contributed by atoms with E-state index >= 15 is 0 Å². The summed E-state index contributed by atoms with van der Waals surface area (Å²) in [7, 11) is 1.27. The Labute approximate surface area is 172 Å². The molecule has 1 heterocycles. The van der Waals surface area contributed by atoms with Gasteiger partial charge in [-0.2, -0.15) is 0 Å². The second-order valence-electron chi connectivity index (χ2n) is 8.91. The van der Waals surface area contributed by atoms with Crippen LogP contribution in [0.15, 0.2) is 12.1 Å². The summed E-state index contributed by atoms with van der Waals surface area (Å²) in [6.45, 7) is 12.6. The molecular weight excluding hydrogens is 375 g/mol. The molecule has 1 N–H and O–H groups in total. The molecule has 162 valence electrons. The van der Waals surface area contributed by atoms with Crippen LogP contribution in [0.5, 0.6) is 0 Å². The summed E-state index contributed by atoms with van der Waals surface area (Å²) in [5.74, 6) is -0.486. The molecule has 1 fully saturated rings. The molecule has 1 amide bonds. The van der Waals surface area contributed by atoms with Crippen LogP contribution in [0.25, 0.3) is 0 Å². The molecule has 1 aliphatic heterocycles. The van der Waals surface area contributed by atoms with Gasteiger partial charge in [0.15, 0.2) is 0 Å². The fourth-order valence-corrected chi connectivity index (χ4v) is 3.82. The fraction of sp³-hybridized carbons (Fsp3) is 0.636. The van der Waals surface area contributed by atoms with Crippen LogP contribution in [-0.2, 0) is 9.47 Å². The number of carbonyl (C=O) groups is 2. The quantitative estimate of drug-likeness (QED) is 0.737. The summed E-state index contributed by atoms with van der Waals surface area (Å²) in [4.78, 5) is 25.9. The number of hydrogen-bond acceptors (Lipinski definition) is 5. The standard InChI is InChI=1S/C22H33FN2O4/c1-13-12-25(21(27)29-22(4,5)6)9-8-17(13)15(3)24-19-11-16(20(26)28-7)10-18(23)14(19)2/h10-11,13,15,17,24H,8-9,12H2,1-7H3/t13-,15+,17+/m1/s1. The van der Waals surface area contributed by atoms with E-state index in [1.165, 1.54) is 13.2 Å². The van der Waals surface area contributed by atoms with Crippen LogP contribution in [0.1, 0.15) is 57.0 Å². The second-order valence-corrected chi connectivity index (χ2v) is 8.91. The van der Waals surface area contributed by atoms with Crippen molar-refractivity contribution in [2.45, 2.75) is 59.6 Å². The van der Waals surface area contributed by atoms with Crippen LogP contribution in [0.3, 0.4) is 0 Å². The van der Waals surface area contributed by atoms with Crippen molar-refractivity contribution < 1.29 is 23.5 Å². The topological polar surface area (TPSA) is 67.9 Å². The van der Waals surface area contributed by atoms with Gasteiger partial charge >= 0.3 is 12.1 Å². The van der Waals surface area contributed by atoms with E-state index in [1.54, 1.807) is 17.9 Å². The molecule has 1 aromatic carbocycles. The first-order valence-corrected chi connectivity index (χ1v) is 10.1. The fourth-order valence-electron chi connectivity index (χ4n) is 3.82. The highest BCUT2D eigenvalue weighted by Gasteiger charge is 2.34. The van der Waals surface area contributed by atoms with E-state index in [0.717, 1.165) is 6.42 Å². The van der Waals surface area contributed by atoms with Crippen LogP contribution in [0.4, 0.5) is 14.9 Å². The number of rotatable bonds is 4. The number of nitrogens with zero attached hydrogens (tertiary/aromatic N) is 1. The summed E-state index contributed by atoms with van der Waals surface area (Å²) in [6, 6.07) is 2.86. The number of anilines is 1. The Balaban J connectivity index is 2.07. The van der Waals surface area contributed by atoms with Crippen LogP contribution < -0.4 is 5.32 Å². The Bertz CT molecular complexity index is 760. The molecule has 0 radical (unpaired) electrons. The first kappa shape index (κ1) is 23.0. The molecule has 0 bridgehead atoms. The van der Waals surface area contributed by atoms with E-state index in [9.17, 15) is 14.0 Å². The van der Waals surface area contributed by atoms with Gasteiger partial charge in [0.05, 0.1) is 12.7 Å². The normalized spacial score (nSPS) is 20.8. The number of amides is 1. The van der Waals surface area contributed by atoms with Gasteiger partial charge in [-0.3, -0.25) is 0 Å². The maximum atomic E-state index is 14.3. The summed E-state index contributed by atoms with van der Waals surface area (Å²) in [6.07, 6.45) is 0.527. The SMILES string of the molecule is COC(=O)c1cc(F)c(C)c(N[C@@H](C)[C@H]2CCN(C(=O)OC(C)(C)C)C[C@H]2C)c1. The third kappa shape index (κ3) is 5.84. The van der Waals surface area contributed by atoms with Crippen LogP contribution in [0.2, 0.25) is 0 Å². The van der Waals surface area contributed by atoms with Gasteiger partial charge in [0.2, 0.25) is 0 Å². The van der Waals surface area contributed by atoms with Crippen molar-refractivity contribution in [3.05, 3.63) is 29.1 Å². The first-order valence-electron chi connectivity index (χ1n) is 10.1. The largest absolute Gasteiger partial charge is 0.465 e. The Morgan fingerprint density at radius 1 is 1.31 bits per heavy atom. The third-order valence-electron chi connectivity index (χ3n) is 5.41. The molecule has 0 aliphatic carbocycles. The molecule has 0 unspecified atom stereocenters. The lowest BCUT2D eigenvalue weighted by atomic mass is 9.82. The third-order valence-corrected chi connectivity index (χ3v) is 5.41. The number of methoxy groups -OCH3 is 1. The van der Waals surface area contributed by atoms with Crippen molar-refractivity contribution in [2.75, 3.05) is 25.5 Å². The highest BCUT2D eigenvalue weighted by atomic mass is 19.1. The molecule has 1 aromatic rings. The first-order chi connectivity index (χ1) is 13.4. The average Bonchev–Trinajstić information content (AvgIpc) is 2.62. The van der Waals surface area contributed by atoms with E-state index in [4.69, 9.17) is 9.47 Å². The number of nitrogens with one attached hydrogen (secondary N) is 1. The molecule has 0 saturated carbocycles.